The van der Waals surface area contributed by atoms with Crippen LogP contribution in [0.3, 0.4) is 0 Å². The number of urea groups is 1. The van der Waals surface area contributed by atoms with Gasteiger partial charge in [-0.2, -0.15) is 0 Å². The van der Waals surface area contributed by atoms with Crippen molar-refractivity contribution in [2.75, 3.05) is 18.5 Å². The first-order chi connectivity index (χ1) is 17.1. The summed E-state index contributed by atoms with van der Waals surface area (Å²) in [5, 5.41) is 4.01. The van der Waals surface area contributed by atoms with Crippen molar-refractivity contribution < 1.29 is 14.3 Å². The molecule has 0 unspecified atom stereocenters. The number of aromatic amines is 1. The van der Waals surface area contributed by atoms with Gasteiger partial charge in [-0.05, 0) is 54.7 Å². The SMILES string of the molecule is CCOC(=O)C1=CN(C(=O)Nc2ccc(Cc3ccccc3)cc2)CCc2c1[nH]c1ccccc21. The molecule has 0 atom stereocenters. The number of nitrogens with zero attached hydrogens (tertiary/aromatic N) is 1. The lowest BCUT2D eigenvalue weighted by Gasteiger charge is -2.18. The number of esters is 1. The van der Waals surface area contributed by atoms with Crippen molar-refractivity contribution in [3.63, 3.8) is 0 Å². The van der Waals surface area contributed by atoms with Crippen LogP contribution < -0.4 is 5.32 Å². The van der Waals surface area contributed by atoms with Crippen molar-refractivity contribution in [1.29, 1.82) is 0 Å². The van der Waals surface area contributed by atoms with Gasteiger partial charge in [-0.15, -0.1) is 0 Å². The fraction of sp³-hybridized carbons (Fsp3) is 0.172. The maximum absolute atomic E-state index is 13.2. The average Bonchev–Trinajstić information content (AvgIpc) is 3.13. The number of nitrogens with one attached hydrogen (secondary N) is 2. The molecule has 35 heavy (non-hydrogen) atoms. The van der Waals surface area contributed by atoms with E-state index >= 15 is 0 Å². The van der Waals surface area contributed by atoms with Crippen LogP contribution in [-0.4, -0.2) is 35.0 Å². The van der Waals surface area contributed by atoms with Crippen LogP contribution in [0.25, 0.3) is 16.5 Å². The first-order valence-corrected chi connectivity index (χ1v) is 11.8. The lowest BCUT2D eigenvalue weighted by Crippen LogP contribution is -2.32. The van der Waals surface area contributed by atoms with E-state index in [0.717, 1.165) is 22.9 Å². The number of benzene rings is 3. The molecule has 3 aromatic carbocycles. The smallest absolute Gasteiger partial charge is 0.341 e. The molecule has 4 aromatic rings. The number of carbonyl (C=O) groups excluding carboxylic acids is 2. The molecule has 0 spiro atoms. The zero-order chi connectivity index (χ0) is 24.2. The molecule has 6 heteroatoms. The highest BCUT2D eigenvalue weighted by molar-refractivity contribution is 6.18. The lowest BCUT2D eigenvalue weighted by molar-refractivity contribution is -0.136. The number of anilines is 1. The Kier molecular flexibility index (Phi) is 6.35. The highest BCUT2D eigenvalue weighted by Gasteiger charge is 2.27. The molecule has 0 saturated heterocycles. The predicted molar refractivity (Wildman–Crippen MR) is 138 cm³/mol. The normalized spacial score (nSPS) is 13.1. The van der Waals surface area contributed by atoms with E-state index in [1.165, 1.54) is 11.1 Å². The topological polar surface area (TPSA) is 74.4 Å². The van der Waals surface area contributed by atoms with Gasteiger partial charge in [-0.3, -0.25) is 4.90 Å². The largest absolute Gasteiger partial charge is 0.462 e. The number of ether oxygens (including phenoxy) is 1. The number of hydrogen-bond acceptors (Lipinski definition) is 3. The molecule has 176 valence electrons. The van der Waals surface area contributed by atoms with Gasteiger partial charge < -0.3 is 15.0 Å². The maximum atomic E-state index is 13.2. The van der Waals surface area contributed by atoms with Crippen molar-refractivity contribution >= 4 is 34.2 Å². The van der Waals surface area contributed by atoms with E-state index in [1.54, 1.807) is 18.0 Å². The Morgan fingerprint density at radius 3 is 2.43 bits per heavy atom. The van der Waals surface area contributed by atoms with Crippen LogP contribution in [-0.2, 0) is 22.4 Å². The summed E-state index contributed by atoms with van der Waals surface area (Å²) in [6.45, 7) is 2.47. The third-order valence-corrected chi connectivity index (χ3v) is 6.18. The third kappa shape index (κ3) is 4.82. The van der Waals surface area contributed by atoms with Gasteiger partial charge in [0.1, 0.15) is 0 Å². The number of rotatable bonds is 5. The monoisotopic (exact) mass is 465 g/mol. The Labute approximate surface area is 204 Å². The molecule has 0 aliphatic carbocycles. The number of fused-ring (bicyclic) bond motifs is 3. The highest BCUT2D eigenvalue weighted by atomic mass is 16.5. The quantitative estimate of drug-likeness (QED) is 0.369. The van der Waals surface area contributed by atoms with Gasteiger partial charge in [-0.1, -0.05) is 60.7 Å². The van der Waals surface area contributed by atoms with Gasteiger partial charge in [-0.25, -0.2) is 9.59 Å². The second-order valence-electron chi connectivity index (χ2n) is 8.52. The maximum Gasteiger partial charge on any atom is 0.341 e. The van der Waals surface area contributed by atoms with Crippen LogP contribution in [0.4, 0.5) is 10.5 Å². The Bertz CT molecular complexity index is 1390. The average molecular weight is 466 g/mol. The van der Waals surface area contributed by atoms with Gasteiger partial charge in [0.05, 0.1) is 17.9 Å². The molecule has 0 saturated carbocycles. The number of carbonyl (C=O) groups is 2. The fourth-order valence-electron chi connectivity index (χ4n) is 4.46. The molecule has 0 radical (unpaired) electrons. The minimum Gasteiger partial charge on any atom is -0.462 e. The molecule has 2 N–H and O–H groups in total. The Hall–Kier alpha value is -4.32. The molecule has 1 aromatic heterocycles. The fourth-order valence-corrected chi connectivity index (χ4v) is 4.46. The summed E-state index contributed by atoms with van der Waals surface area (Å²) < 4.78 is 5.31. The number of para-hydroxylation sites is 1. The summed E-state index contributed by atoms with van der Waals surface area (Å²) in [5.74, 6) is -0.453. The zero-order valence-corrected chi connectivity index (χ0v) is 19.6. The number of amides is 2. The van der Waals surface area contributed by atoms with Crippen LogP contribution in [0.5, 0.6) is 0 Å². The second-order valence-corrected chi connectivity index (χ2v) is 8.52. The third-order valence-electron chi connectivity index (χ3n) is 6.18. The molecular weight excluding hydrogens is 438 g/mol. The van der Waals surface area contributed by atoms with E-state index < -0.39 is 5.97 Å². The van der Waals surface area contributed by atoms with Crippen molar-refractivity contribution in [2.45, 2.75) is 19.8 Å². The molecule has 6 nitrogen and oxygen atoms in total. The zero-order valence-electron chi connectivity index (χ0n) is 19.6. The Morgan fingerprint density at radius 2 is 1.66 bits per heavy atom. The van der Waals surface area contributed by atoms with E-state index in [1.807, 2.05) is 66.7 Å². The van der Waals surface area contributed by atoms with Gasteiger partial charge in [0, 0.05) is 29.3 Å². The predicted octanol–water partition coefficient (Wildman–Crippen LogP) is 5.75. The molecule has 2 amide bonds. The summed E-state index contributed by atoms with van der Waals surface area (Å²) in [5.41, 5.74) is 6.14. The van der Waals surface area contributed by atoms with E-state index in [4.69, 9.17) is 4.74 Å². The van der Waals surface area contributed by atoms with Crippen LogP contribution in [0.2, 0.25) is 0 Å². The van der Waals surface area contributed by atoms with Crippen LogP contribution in [0.15, 0.2) is 85.1 Å². The van der Waals surface area contributed by atoms with Crippen LogP contribution in [0, 0.1) is 0 Å². The van der Waals surface area contributed by atoms with Gasteiger partial charge in [0.15, 0.2) is 0 Å². The molecule has 0 bridgehead atoms. The molecule has 2 heterocycles. The van der Waals surface area contributed by atoms with Crippen molar-refractivity contribution in [3.05, 3.63) is 107 Å². The molecular formula is C29H27N3O3. The summed E-state index contributed by atoms with van der Waals surface area (Å²) in [6, 6.07) is 25.7. The molecule has 1 aliphatic rings. The number of hydrogen-bond donors (Lipinski definition) is 2. The van der Waals surface area contributed by atoms with Crippen molar-refractivity contribution in [1.82, 2.24) is 9.88 Å². The number of H-pyrrole nitrogens is 1. The highest BCUT2D eigenvalue weighted by Crippen LogP contribution is 2.31. The summed E-state index contributed by atoms with van der Waals surface area (Å²) in [4.78, 5) is 30.9. The molecule has 5 rings (SSSR count). The Balaban J connectivity index is 1.36. The number of aromatic nitrogens is 1. The van der Waals surface area contributed by atoms with Gasteiger partial charge in [0.25, 0.3) is 0 Å². The van der Waals surface area contributed by atoms with E-state index in [-0.39, 0.29) is 12.6 Å². The van der Waals surface area contributed by atoms with Crippen LogP contribution in [0.1, 0.15) is 29.3 Å². The molecule has 0 fully saturated rings. The second kappa shape index (κ2) is 9.89. The first kappa shape index (κ1) is 22.5. The van der Waals surface area contributed by atoms with E-state index in [2.05, 4.69) is 22.4 Å². The van der Waals surface area contributed by atoms with E-state index in [0.29, 0.717) is 29.9 Å². The van der Waals surface area contributed by atoms with Crippen LogP contribution >= 0.6 is 0 Å². The van der Waals surface area contributed by atoms with Crippen molar-refractivity contribution in [2.24, 2.45) is 0 Å². The summed E-state index contributed by atoms with van der Waals surface area (Å²) in [7, 11) is 0. The minimum atomic E-state index is -0.453. The molecule has 1 aliphatic heterocycles. The first-order valence-electron chi connectivity index (χ1n) is 11.8. The van der Waals surface area contributed by atoms with E-state index in [9.17, 15) is 9.59 Å². The summed E-state index contributed by atoms with van der Waals surface area (Å²) in [6.07, 6.45) is 3.04. The summed E-state index contributed by atoms with van der Waals surface area (Å²) >= 11 is 0. The minimum absolute atomic E-state index is 0.257. The lowest BCUT2D eigenvalue weighted by atomic mass is 10.0. The van der Waals surface area contributed by atoms with Gasteiger partial charge >= 0.3 is 12.0 Å². The Morgan fingerprint density at radius 1 is 0.943 bits per heavy atom. The standard InChI is InChI=1S/C29H27N3O3/c1-2-35-28(33)25-19-32(17-16-24-23-10-6-7-11-26(23)31-27(24)25)29(34)30-22-14-12-21(13-15-22)18-20-8-4-3-5-9-20/h3-15,19,31H,2,16-18H2,1H3,(H,30,34). The van der Waals surface area contributed by atoms with Gasteiger partial charge in [0.2, 0.25) is 0 Å². The van der Waals surface area contributed by atoms with Crippen molar-refractivity contribution in [3.8, 4) is 0 Å².